The fraction of sp³-hybridized carbons (Fsp3) is 0.364. The minimum Gasteiger partial charge on any atom is -0.354 e. The lowest BCUT2D eigenvalue weighted by Gasteiger charge is -2.10. The number of aryl methyl sites for hydroxylation is 1. The van der Waals surface area contributed by atoms with Gasteiger partial charge < -0.3 is 11.1 Å². The van der Waals surface area contributed by atoms with Gasteiger partial charge in [-0.1, -0.05) is 11.3 Å². The number of thiophene rings is 1. The zero-order chi connectivity index (χ0) is 12.8. The number of amides is 1. The molecule has 0 saturated carbocycles. The quantitative estimate of drug-likeness (QED) is 0.747. The average Bonchev–Trinajstić information content (AvgIpc) is 3.05. The van der Waals surface area contributed by atoms with Crippen LogP contribution < -0.4 is 11.1 Å². The van der Waals surface area contributed by atoms with Gasteiger partial charge in [0.15, 0.2) is 0 Å². The molecule has 0 aromatic carbocycles. The fourth-order valence-corrected chi connectivity index (χ4v) is 2.24. The molecule has 18 heavy (non-hydrogen) atoms. The normalized spacial score (nSPS) is 12.3. The molecule has 2 aromatic heterocycles. The van der Waals surface area contributed by atoms with Gasteiger partial charge in [-0.05, 0) is 17.9 Å². The van der Waals surface area contributed by atoms with Crippen molar-refractivity contribution in [2.45, 2.75) is 19.0 Å². The highest BCUT2D eigenvalue weighted by Gasteiger charge is 2.15. The molecule has 2 rings (SSSR count). The molecule has 0 aliphatic carbocycles. The Morgan fingerprint density at radius 1 is 1.61 bits per heavy atom. The molecule has 3 N–H and O–H groups in total. The number of aromatic nitrogens is 3. The first-order valence-electron chi connectivity index (χ1n) is 5.68. The highest BCUT2D eigenvalue weighted by molar-refractivity contribution is 7.10. The minimum atomic E-state index is -0.573. The second-order valence-electron chi connectivity index (χ2n) is 3.80. The van der Waals surface area contributed by atoms with Gasteiger partial charge in [0.1, 0.15) is 6.04 Å². The average molecular weight is 265 g/mol. The van der Waals surface area contributed by atoms with Gasteiger partial charge in [0, 0.05) is 24.2 Å². The molecule has 0 spiro atoms. The van der Waals surface area contributed by atoms with Crippen molar-refractivity contribution in [3.05, 3.63) is 34.8 Å². The third kappa shape index (κ3) is 3.38. The first kappa shape index (κ1) is 12.7. The molecule has 0 aliphatic rings. The summed E-state index contributed by atoms with van der Waals surface area (Å²) in [5, 5.41) is 12.3. The molecular formula is C11H15N5OS. The van der Waals surface area contributed by atoms with E-state index in [9.17, 15) is 4.79 Å². The first-order valence-corrected chi connectivity index (χ1v) is 6.56. The predicted octanol–water partition coefficient (Wildman–Crippen LogP) is 0.546. The molecule has 0 radical (unpaired) electrons. The van der Waals surface area contributed by atoms with Crippen LogP contribution in [0.15, 0.2) is 29.9 Å². The third-order valence-electron chi connectivity index (χ3n) is 2.47. The number of nitrogens with zero attached hydrogens (tertiary/aromatic N) is 3. The van der Waals surface area contributed by atoms with E-state index in [2.05, 4.69) is 15.6 Å². The van der Waals surface area contributed by atoms with Crippen molar-refractivity contribution in [1.29, 1.82) is 0 Å². The molecule has 96 valence electrons. The van der Waals surface area contributed by atoms with Crippen LogP contribution in [0.5, 0.6) is 0 Å². The molecule has 6 nitrogen and oxygen atoms in total. The lowest BCUT2D eigenvalue weighted by Crippen LogP contribution is -2.34. The highest BCUT2D eigenvalue weighted by Crippen LogP contribution is 2.16. The monoisotopic (exact) mass is 265 g/mol. The zero-order valence-electron chi connectivity index (χ0n) is 9.82. The molecule has 1 unspecified atom stereocenters. The summed E-state index contributed by atoms with van der Waals surface area (Å²) in [7, 11) is 0. The van der Waals surface area contributed by atoms with E-state index in [0.717, 1.165) is 17.8 Å². The Morgan fingerprint density at radius 3 is 3.17 bits per heavy atom. The minimum absolute atomic E-state index is 0.143. The van der Waals surface area contributed by atoms with E-state index in [4.69, 9.17) is 5.73 Å². The molecule has 2 aromatic rings. The fourth-order valence-electron chi connectivity index (χ4n) is 1.51. The molecule has 0 fully saturated rings. The number of carbonyl (C=O) groups is 1. The van der Waals surface area contributed by atoms with E-state index in [1.165, 1.54) is 11.3 Å². The van der Waals surface area contributed by atoms with Gasteiger partial charge in [-0.2, -0.15) is 0 Å². The third-order valence-corrected chi connectivity index (χ3v) is 3.42. The maximum atomic E-state index is 11.7. The Labute approximate surface area is 109 Å². The zero-order valence-corrected chi connectivity index (χ0v) is 10.6. The summed E-state index contributed by atoms with van der Waals surface area (Å²) >= 11 is 1.49. The Morgan fingerprint density at radius 2 is 2.50 bits per heavy atom. The van der Waals surface area contributed by atoms with Crippen LogP contribution in [-0.4, -0.2) is 27.4 Å². The Bertz CT molecular complexity index is 468. The lowest BCUT2D eigenvalue weighted by molar-refractivity contribution is -0.122. The Balaban J connectivity index is 1.69. The van der Waals surface area contributed by atoms with Crippen molar-refractivity contribution >= 4 is 17.2 Å². The molecule has 1 atom stereocenters. The van der Waals surface area contributed by atoms with E-state index in [1.54, 1.807) is 17.1 Å². The summed E-state index contributed by atoms with van der Waals surface area (Å²) in [5.74, 6) is -0.143. The van der Waals surface area contributed by atoms with Crippen molar-refractivity contribution in [1.82, 2.24) is 20.3 Å². The van der Waals surface area contributed by atoms with Gasteiger partial charge in [-0.3, -0.25) is 9.48 Å². The molecule has 0 bridgehead atoms. The van der Waals surface area contributed by atoms with Crippen LogP contribution in [0.4, 0.5) is 0 Å². The number of nitrogens with one attached hydrogen (secondary N) is 1. The summed E-state index contributed by atoms with van der Waals surface area (Å²) in [4.78, 5) is 12.6. The number of rotatable bonds is 6. The van der Waals surface area contributed by atoms with Crippen molar-refractivity contribution in [3.63, 3.8) is 0 Å². The van der Waals surface area contributed by atoms with E-state index in [0.29, 0.717) is 6.54 Å². The van der Waals surface area contributed by atoms with E-state index >= 15 is 0 Å². The Kier molecular flexibility index (Phi) is 4.43. The van der Waals surface area contributed by atoms with Gasteiger partial charge in [-0.15, -0.1) is 16.4 Å². The predicted molar refractivity (Wildman–Crippen MR) is 68.9 cm³/mol. The van der Waals surface area contributed by atoms with Gasteiger partial charge in [0.25, 0.3) is 0 Å². The summed E-state index contributed by atoms with van der Waals surface area (Å²) in [6.45, 7) is 1.31. The van der Waals surface area contributed by atoms with Crippen LogP contribution in [-0.2, 0) is 11.3 Å². The second-order valence-corrected chi connectivity index (χ2v) is 4.78. The van der Waals surface area contributed by atoms with Crippen LogP contribution >= 0.6 is 11.3 Å². The van der Waals surface area contributed by atoms with Crippen LogP contribution in [0.25, 0.3) is 0 Å². The summed E-state index contributed by atoms with van der Waals surface area (Å²) in [6.07, 6.45) is 4.22. The summed E-state index contributed by atoms with van der Waals surface area (Å²) in [5.41, 5.74) is 5.83. The Hall–Kier alpha value is -1.73. The second kappa shape index (κ2) is 6.27. The van der Waals surface area contributed by atoms with Crippen molar-refractivity contribution in [3.8, 4) is 0 Å². The topological polar surface area (TPSA) is 85.8 Å². The summed E-state index contributed by atoms with van der Waals surface area (Å²) in [6, 6.07) is 3.18. The van der Waals surface area contributed by atoms with Gasteiger partial charge in [0.2, 0.25) is 5.91 Å². The number of carbonyl (C=O) groups excluding carboxylic acids is 1. The van der Waals surface area contributed by atoms with Crippen molar-refractivity contribution < 1.29 is 4.79 Å². The molecule has 7 heteroatoms. The maximum Gasteiger partial charge on any atom is 0.242 e. The summed E-state index contributed by atoms with van der Waals surface area (Å²) < 4.78 is 1.73. The SMILES string of the molecule is NC(C(=O)NCCCn1ccnn1)c1cccs1. The largest absolute Gasteiger partial charge is 0.354 e. The number of hydrogen-bond acceptors (Lipinski definition) is 5. The number of hydrogen-bond donors (Lipinski definition) is 2. The highest BCUT2D eigenvalue weighted by atomic mass is 32.1. The molecular weight excluding hydrogens is 250 g/mol. The van der Waals surface area contributed by atoms with E-state index in [-0.39, 0.29) is 5.91 Å². The van der Waals surface area contributed by atoms with Crippen LogP contribution in [0.3, 0.4) is 0 Å². The van der Waals surface area contributed by atoms with Crippen LogP contribution in [0, 0.1) is 0 Å². The molecule has 1 amide bonds. The maximum absolute atomic E-state index is 11.7. The van der Waals surface area contributed by atoms with Crippen molar-refractivity contribution in [2.24, 2.45) is 5.73 Å². The first-order chi connectivity index (χ1) is 8.77. The van der Waals surface area contributed by atoms with Crippen LogP contribution in [0.1, 0.15) is 17.3 Å². The van der Waals surface area contributed by atoms with E-state index in [1.807, 2.05) is 17.5 Å². The number of nitrogens with two attached hydrogens (primary N) is 1. The lowest BCUT2D eigenvalue weighted by atomic mass is 10.2. The smallest absolute Gasteiger partial charge is 0.242 e. The van der Waals surface area contributed by atoms with Crippen molar-refractivity contribution in [2.75, 3.05) is 6.54 Å². The van der Waals surface area contributed by atoms with Gasteiger partial charge in [-0.25, -0.2) is 0 Å². The molecule has 2 heterocycles. The van der Waals surface area contributed by atoms with Gasteiger partial charge >= 0.3 is 0 Å². The molecule has 0 saturated heterocycles. The van der Waals surface area contributed by atoms with E-state index < -0.39 is 6.04 Å². The molecule has 0 aliphatic heterocycles. The standard InChI is InChI=1S/C11H15N5OS/c12-10(9-3-1-8-18-9)11(17)13-4-2-6-16-7-5-14-15-16/h1,3,5,7-8,10H,2,4,6,12H2,(H,13,17). The van der Waals surface area contributed by atoms with Gasteiger partial charge in [0.05, 0.1) is 6.20 Å². The van der Waals surface area contributed by atoms with Crippen LogP contribution in [0.2, 0.25) is 0 Å².